The molecule has 0 radical (unpaired) electrons. The topological polar surface area (TPSA) is 133 Å². The van der Waals surface area contributed by atoms with Gasteiger partial charge < -0.3 is 21.1 Å². The van der Waals surface area contributed by atoms with Gasteiger partial charge in [0.25, 0.3) is 0 Å². The van der Waals surface area contributed by atoms with E-state index in [1.54, 1.807) is 18.5 Å². The van der Waals surface area contributed by atoms with Gasteiger partial charge in [0.1, 0.15) is 6.04 Å². The summed E-state index contributed by atoms with van der Waals surface area (Å²) in [6.45, 7) is 1.12. The van der Waals surface area contributed by atoms with Crippen molar-refractivity contribution in [2.75, 3.05) is 18.4 Å². The molecule has 2 amide bonds. The summed E-state index contributed by atoms with van der Waals surface area (Å²) < 4.78 is 0. The second-order valence-corrected chi connectivity index (χ2v) is 8.28. The van der Waals surface area contributed by atoms with Crippen LogP contribution >= 0.6 is 0 Å². The number of hydrogen-bond donors (Lipinski definition) is 4. The highest BCUT2D eigenvalue weighted by Gasteiger charge is 2.21. The fourth-order valence-corrected chi connectivity index (χ4v) is 3.57. The number of rotatable bonds is 14. The number of aliphatic carboxylic acids is 1. The van der Waals surface area contributed by atoms with Gasteiger partial charge in [-0.25, -0.2) is 9.97 Å². The Bertz CT molecular complexity index is 1110. The third kappa shape index (κ3) is 9.17. The van der Waals surface area contributed by atoms with E-state index >= 15 is 0 Å². The van der Waals surface area contributed by atoms with Gasteiger partial charge in [0.05, 0.1) is 6.42 Å². The second kappa shape index (κ2) is 14.2. The van der Waals surface area contributed by atoms with Gasteiger partial charge in [-0.05, 0) is 35.6 Å². The smallest absolute Gasteiger partial charge is 0.303 e. The first-order chi connectivity index (χ1) is 17.5. The van der Waals surface area contributed by atoms with Gasteiger partial charge in [-0.15, -0.1) is 0 Å². The number of aromatic nitrogens is 2. The molecular formula is C27H31N5O4. The zero-order valence-electron chi connectivity index (χ0n) is 20.0. The summed E-state index contributed by atoms with van der Waals surface area (Å²) in [6, 6.07) is 18.7. The predicted octanol–water partition coefficient (Wildman–Crippen LogP) is 3.04. The molecule has 188 valence electrons. The highest BCUT2D eigenvalue weighted by molar-refractivity contribution is 5.88. The lowest BCUT2D eigenvalue weighted by Crippen LogP contribution is -2.48. The summed E-state index contributed by atoms with van der Waals surface area (Å²) in [7, 11) is 0. The fourth-order valence-electron chi connectivity index (χ4n) is 3.57. The Labute approximate surface area is 210 Å². The molecule has 0 bridgehead atoms. The first kappa shape index (κ1) is 26.3. The zero-order valence-corrected chi connectivity index (χ0v) is 20.0. The Hall–Kier alpha value is -4.27. The van der Waals surface area contributed by atoms with E-state index in [1.165, 1.54) is 0 Å². The van der Waals surface area contributed by atoms with Crippen LogP contribution in [0.3, 0.4) is 0 Å². The molecule has 3 aromatic rings. The molecule has 0 aliphatic carbocycles. The van der Waals surface area contributed by atoms with Crippen LogP contribution in [0.2, 0.25) is 0 Å². The SMILES string of the molecule is O=C(O)CCC(=O)N[C@H](Cc1ccc(-c2ccccc2)cc1)C(=O)NCCCCNc1ncccn1. The van der Waals surface area contributed by atoms with E-state index in [1.807, 2.05) is 54.6 Å². The van der Waals surface area contributed by atoms with Crippen molar-refractivity contribution in [1.29, 1.82) is 0 Å². The number of amides is 2. The van der Waals surface area contributed by atoms with Crippen molar-refractivity contribution in [1.82, 2.24) is 20.6 Å². The average Bonchev–Trinajstić information content (AvgIpc) is 2.90. The van der Waals surface area contributed by atoms with Gasteiger partial charge >= 0.3 is 5.97 Å². The molecule has 4 N–H and O–H groups in total. The van der Waals surface area contributed by atoms with Crippen molar-refractivity contribution in [2.45, 2.75) is 38.1 Å². The standard InChI is InChI=1S/C27H31N5O4/c33-24(13-14-25(34)35)32-23(19-20-9-11-22(12-10-20)21-7-2-1-3-8-21)26(36)28-15-4-5-16-29-27-30-17-6-18-31-27/h1-3,6-12,17-18,23H,4-5,13-16,19H2,(H,28,36)(H,32,33)(H,34,35)(H,29,30,31)/t23-/m1/s1. The maximum Gasteiger partial charge on any atom is 0.303 e. The van der Waals surface area contributed by atoms with Crippen LogP contribution in [0.15, 0.2) is 73.1 Å². The van der Waals surface area contributed by atoms with Crippen LogP contribution in [-0.4, -0.2) is 52.0 Å². The summed E-state index contributed by atoms with van der Waals surface area (Å²) in [5.74, 6) is -1.27. The van der Waals surface area contributed by atoms with Crippen LogP contribution in [0.1, 0.15) is 31.2 Å². The van der Waals surface area contributed by atoms with Gasteiger partial charge in [-0.3, -0.25) is 14.4 Å². The highest BCUT2D eigenvalue weighted by Crippen LogP contribution is 2.19. The maximum absolute atomic E-state index is 12.9. The Morgan fingerprint density at radius 2 is 1.47 bits per heavy atom. The lowest BCUT2D eigenvalue weighted by atomic mass is 10.00. The van der Waals surface area contributed by atoms with E-state index < -0.39 is 17.9 Å². The number of benzene rings is 2. The van der Waals surface area contributed by atoms with Crippen LogP contribution < -0.4 is 16.0 Å². The van der Waals surface area contributed by atoms with Crippen molar-refractivity contribution in [2.24, 2.45) is 0 Å². The van der Waals surface area contributed by atoms with Crippen LogP contribution in [0.5, 0.6) is 0 Å². The first-order valence-corrected chi connectivity index (χ1v) is 12.0. The Morgan fingerprint density at radius 3 is 2.17 bits per heavy atom. The number of nitrogens with one attached hydrogen (secondary N) is 3. The molecule has 1 heterocycles. The van der Waals surface area contributed by atoms with E-state index in [0.717, 1.165) is 29.5 Å². The molecule has 9 heteroatoms. The molecule has 9 nitrogen and oxygen atoms in total. The van der Waals surface area contributed by atoms with Crippen molar-refractivity contribution < 1.29 is 19.5 Å². The first-order valence-electron chi connectivity index (χ1n) is 12.0. The molecule has 0 spiro atoms. The Balaban J connectivity index is 1.52. The number of hydrogen-bond acceptors (Lipinski definition) is 6. The van der Waals surface area contributed by atoms with Gasteiger partial charge in [0.15, 0.2) is 0 Å². The monoisotopic (exact) mass is 489 g/mol. The summed E-state index contributed by atoms with van der Waals surface area (Å²) in [6.07, 6.45) is 4.69. The molecule has 0 aliphatic rings. The van der Waals surface area contributed by atoms with E-state index in [-0.39, 0.29) is 18.7 Å². The lowest BCUT2D eigenvalue weighted by Gasteiger charge is -2.19. The summed E-state index contributed by atoms with van der Waals surface area (Å²) in [5, 5.41) is 17.5. The average molecular weight is 490 g/mol. The van der Waals surface area contributed by atoms with Crippen molar-refractivity contribution in [3.8, 4) is 11.1 Å². The minimum Gasteiger partial charge on any atom is -0.481 e. The van der Waals surface area contributed by atoms with Crippen LogP contribution in [0.4, 0.5) is 5.95 Å². The quantitative estimate of drug-likeness (QED) is 0.256. The van der Waals surface area contributed by atoms with Gasteiger partial charge in [0.2, 0.25) is 17.8 Å². The molecule has 2 aromatic carbocycles. The molecule has 0 unspecified atom stereocenters. The minimum absolute atomic E-state index is 0.181. The van der Waals surface area contributed by atoms with Crippen molar-refractivity contribution in [3.63, 3.8) is 0 Å². The maximum atomic E-state index is 12.9. The summed E-state index contributed by atoms with van der Waals surface area (Å²) in [5.41, 5.74) is 3.04. The highest BCUT2D eigenvalue weighted by atomic mass is 16.4. The van der Waals surface area contributed by atoms with E-state index in [2.05, 4.69) is 25.9 Å². The van der Waals surface area contributed by atoms with Crippen LogP contribution in [-0.2, 0) is 20.8 Å². The number of carboxylic acids is 1. The number of unbranched alkanes of at least 4 members (excludes halogenated alkanes) is 1. The van der Waals surface area contributed by atoms with Crippen LogP contribution in [0, 0.1) is 0 Å². The molecule has 1 aromatic heterocycles. The van der Waals surface area contributed by atoms with Gasteiger partial charge in [-0.1, -0.05) is 54.6 Å². The number of nitrogens with zero attached hydrogens (tertiary/aromatic N) is 2. The third-order valence-electron chi connectivity index (χ3n) is 5.47. The fraction of sp³-hybridized carbons (Fsp3) is 0.296. The van der Waals surface area contributed by atoms with Crippen molar-refractivity contribution in [3.05, 3.63) is 78.6 Å². The van der Waals surface area contributed by atoms with Crippen molar-refractivity contribution >= 4 is 23.7 Å². The Kier molecular flexibility index (Phi) is 10.4. The molecule has 0 saturated heterocycles. The van der Waals surface area contributed by atoms with E-state index in [9.17, 15) is 14.4 Å². The molecule has 3 rings (SSSR count). The van der Waals surface area contributed by atoms with E-state index in [0.29, 0.717) is 25.5 Å². The van der Waals surface area contributed by atoms with Gasteiger partial charge in [0, 0.05) is 38.3 Å². The van der Waals surface area contributed by atoms with Gasteiger partial charge in [-0.2, -0.15) is 0 Å². The number of anilines is 1. The van der Waals surface area contributed by atoms with Crippen LogP contribution in [0.25, 0.3) is 11.1 Å². The zero-order chi connectivity index (χ0) is 25.6. The predicted molar refractivity (Wildman–Crippen MR) is 137 cm³/mol. The third-order valence-corrected chi connectivity index (χ3v) is 5.47. The largest absolute Gasteiger partial charge is 0.481 e. The minimum atomic E-state index is -1.06. The number of carbonyl (C=O) groups is 3. The van der Waals surface area contributed by atoms with E-state index in [4.69, 9.17) is 5.11 Å². The lowest BCUT2D eigenvalue weighted by molar-refractivity contribution is -0.139. The molecular weight excluding hydrogens is 458 g/mol. The molecule has 1 atom stereocenters. The normalized spacial score (nSPS) is 11.3. The molecule has 0 saturated carbocycles. The summed E-state index contributed by atoms with van der Waals surface area (Å²) in [4.78, 5) is 44.2. The summed E-state index contributed by atoms with van der Waals surface area (Å²) >= 11 is 0. The number of carboxylic acid groups (broad SMARTS) is 1. The number of carbonyl (C=O) groups excluding carboxylic acids is 2. The second-order valence-electron chi connectivity index (χ2n) is 8.28. The molecule has 36 heavy (non-hydrogen) atoms. The molecule has 0 fully saturated rings. The Morgan fingerprint density at radius 1 is 0.806 bits per heavy atom. The molecule has 0 aliphatic heterocycles.